The fourth-order valence-electron chi connectivity index (χ4n) is 2.42. The molecule has 0 bridgehead atoms. The van der Waals surface area contributed by atoms with Gasteiger partial charge in [0.1, 0.15) is 5.75 Å². The van der Waals surface area contributed by atoms with Crippen molar-refractivity contribution >= 4 is 11.8 Å². The van der Waals surface area contributed by atoms with E-state index in [1.54, 1.807) is 7.11 Å². The summed E-state index contributed by atoms with van der Waals surface area (Å²) in [5, 5.41) is 0. The molecule has 100 valence electrons. The highest BCUT2D eigenvalue weighted by Crippen LogP contribution is 2.22. The van der Waals surface area contributed by atoms with Crippen LogP contribution in [0.25, 0.3) is 6.08 Å². The van der Waals surface area contributed by atoms with Crippen LogP contribution in [0.3, 0.4) is 0 Å². The normalized spacial score (nSPS) is 16.2. The zero-order valence-electron chi connectivity index (χ0n) is 11.5. The zero-order chi connectivity index (χ0) is 13.8. The summed E-state index contributed by atoms with van der Waals surface area (Å²) in [5.74, 6) is 0.885. The summed E-state index contributed by atoms with van der Waals surface area (Å²) in [6.45, 7) is 0.881. The van der Waals surface area contributed by atoms with E-state index in [-0.39, 0.29) is 0 Å². The minimum absolute atomic E-state index is 0.881. The summed E-state index contributed by atoms with van der Waals surface area (Å²) >= 11 is 0. The van der Waals surface area contributed by atoms with Gasteiger partial charge in [-0.2, -0.15) is 0 Å². The zero-order valence-corrected chi connectivity index (χ0v) is 11.5. The summed E-state index contributed by atoms with van der Waals surface area (Å²) < 4.78 is 5.19. The van der Waals surface area contributed by atoms with Crippen LogP contribution in [0, 0.1) is 0 Å². The topological polar surface area (TPSA) is 21.6 Å². The molecule has 0 atom stereocenters. The number of hydrogen-bond donors (Lipinski definition) is 0. The molecule has 2 aromatic rings. The second-order valence-electron chi connectivity index (χ2n) is 4.79. The van der Waals surface area contributed by atoms with E-state index in [9.17, 15) is 0 Å². The van der Waals surface area contributed by atoms with Gasteiger partial charge in [-0.25, -0.2) is 0 Å². The largest absolute Gasteiger partial charge is 0.497 e. The molecule has 0 amide bonds. The van der Waals surface area contributed by atoms with E-state index in [1.165, 1.54) is 16.7 Å². The van der Waals surface area contributed by atoms with Crippen LogP contribution in [-0.2, 0) is 0 Å². The van der Waals surface area contributed by atoms with E-state index >= 15 is 0 Å². The molecule has 0 unspecified atom stereocenters. The molecule has 2 nitrogen and oxygen atoms in total. The van der Waals surface area contributed by atoms with E-state index in [1.807, 2.05) is 18.2 Å². The van der Waals surface area contributed by atoms with Crippen molar-refractivity contribution in [3.05, 3.63) is 71.3 Å². The first kappa shape index (κ1) is 12.7. The van der Waals surface area contributed by atoms with Crippen molar-refractivity contribution in [3.63, 3.8) is 0 Å². The van der Waals surface area contributed by atoms with Gasteiger partial charge in [0, 0.05) is 6.54 Å². The van der Waals surface area contributed by atoms with Gasteiger partial charge in [-0.1, -0.05) is 42.5 Å². The lowest BCUT2D eigenvalue weighted by molar-refractivity contribution is 0.415. The van der Waals surface area contributed by atoms with Gasteiger partial charge in [0.25, 0.3) is 0 Å². The highest BCUT2D eigenvalue weighted by molar-refractivity contribution is 6.16. The third kappa shape index (κ3) is 2.64. The van der Waals surface area contributed by atoms with Crippen LogP contribution in [0.15, 0.2) is 65.2 Å². The van der Waals surface area contributed by atoms with Gasteiger partial charge in [-0.05, 0) is 41.3 Å². The van der Waals surface area contributed by atoms with Crippen LogP contribution >= 0.6 is 0 Å². The summed E-state index contributed by atoms with van der Waals surface area (Å²) in [7, 11) is 1.69. The molecule has 0 fully saturated rings. The predicted molar refractivity (Wildman–Crippen MR) is 83.4 cm³/mol. The monoisotopic (exact) mass is 263 g/mol. The van der Waals surface area contributed by atoms with Crippen LogP contribution in [0.1, 0.15) is 17.5 Å². The number of aliphatic imine (C=N–C) groups is 1. The minimum Gasteiger partial charge on any atom is -0.497 e. The Kier molecular flexibility index (Phi) is 3.64. The Morgan fingerprint density at radius 2 is 1.75 bits per heavy atom. The van der Waals surface area contributed by atoms with Crippen molar-refractivity contribution in [2.24, 2.45) is 4.99 Å². The van der Waals surface area contributed by atoms with Gasteiger partial charge in [0.2, 0.25) is 0 Å². The Morgan fingerprint density at radius 1 is 1.00 bits per heavy atom. The fraction of sp³-hybridized carbons (Fsp3) is 0.167. The average Bonchev–Trinajstić information content (AvgIpc) is 2.97. The smallest absolute Gasteiger partial charge is 0.118 e. The highest BCUT2D eigenvalue weighted by atomic mass is 16.5. The molecule has 0 radical (unpaired) electrons. The third-order valence-electron chi connectivity index (χ3n) is 3.46. The standard InChI is InChI=1S/C18H17NO/c1-20-17-9-7-14(8-10-17)13-16-11-12-19-18(16)15-5-3-2-4-6-15/h2-10,13H,11-12H2,1H3/b16-13+. The molecule has 0 saturated carbocycles. The Hall–Kier alpha value is -2.35. The van der Waals surface area contributed by atoms with Gasteiger partial charge >= 0.3 is 0 Å². The summed E-state index contributed by atoms with van der Waals surface area (Å²) in [6.07, 6.45) is 3.23. The maximum Gasteiger partial charge on any atom is 0.118 e. The molecule has 2 aromatic carbocycles. The van der Waals surface area contributed by atoms with Crippen molar-refractivity contribution in [2.45, 2.75) is 6.42 Å². The van der Waals surface area contributed by atoms with E-state index in [2.05, 4.69) is 47.5 Å². The SMILES string of the molecule is COc1ccc(/C=C2\CCN=C2c2ccccc2)cc1. The van der Waals surface area contributed by atoms with Gasteiger partial charge in [0.15, 0.2) is 0 Å². The van der Waals surface area contributed by atoms with E-state index in [0.29, 0.717) is 0 Å². The van der Waals surface area contributed by atoms with Crippen LogP contribution in [0.2, 0.25) is 0 Å². The van der Waals surface area contributed by atoms with E-state index < -0.39 is 0 Å². The third-order valence-corrected chi connectivity index (χ3v) is 3.46. The maximum atomic E-state index is 5.19. The molecule has 3 rings (SSSR count). The Morgan fingerprint density at radius 3 is 2.45 bits per heavy atom. The van der Waals surface area contributed by atoms with E-state index in [0.717, 1.165) is 24.4 Å². The highest BCUT2D eigenvalue weighted by Gasteiger charge is 2.14. The van der Waals surface area contributed by atoms with Crippen molar-refractivity contribution in [1.29, 1.82) is 0 Å². The van der Waals surface area contributed by atoms with Gasteiger partial charge < -0.3 is 4.74 Å². The summed E-state index contributed by atoms with van der Waals surface area (Å²) in [4.78, 5) is 4.64. The van der Waals surface area contributed by atoms with Crippen LogP contribution in [0.4, 0.5) is 0 Å². The Balaban J connectivity index is 1.89. The predicted octanol–water partition coefficient (Wildman–Crippen LogP) is 3.97. The number of hydrogen-bond acceptors (Lipinski definition) is 2. The minimum atomic E-state index is 0.881. The number of methoxy groups -OCH3 is 1. The number of rotatable bonds is 3. The van der Waals surface area contributed by atoms with Crippen molar-refractivity contribution in [3.8, 4) is 5.75 Å². The number of nitrogens with zero attached hydrogens (tertiary/aromatic N) is 1. The Bertz CT molecular complexity index is 639. The molecule has 20 heavy (non-hydrogen) atoms. The number of ether oxygens (including phenoxy) is 1. The molecule has 0 spiro atoms. The molecule has 0 saturated heterocycles. The first-order valence-corrected chi connectivity index (χ1v) is 6.82. The maximum absolute atomic E-state index is 5.19. The molecule has 0 aromatic heterocycles. The van der Waals surface area contributed by atoms with Crippen LogP contribution in [0.5, 0.6) is 5.75 Å². The van der Waals surface area contributed by atoms with Crippen LogP contribution < -0.4 is 4.74 Å². The van der Waals surface area contributed by atoms with Gasteiger partial charge in [0.05, 0.1) is 12.8 Å². The number of benzene rings is 2. The molecule has 0 N–H and O–H groups in total. The summed E-state index contributed by atoms with van der Waals surface area (Å²) in [6, 6.07) is 18.5. The van der Waals surface area contributed by atoms with Crippen molar-refractivity contribution in [1.82, 2.24) is 0 Å². The quantitative estimate of drug-likeness (QED) is 0.821. The second-order valence-corrected chi connectivity index (χ2v) is 4.79. The molecule has 1 aliphatic rings. The fourth-order valence-corrected chi connectivity index (χ4v) is 2.42. The van der Waals surface area contributed by atoms with Crippen molar-refractivity contribution < 1.29 is 4.74 Å². The van der Waals surface area contributed by atoms with Crippen LogP contribution in [-0.4, -0.2) is 19.4 Å². The first-order chi connectivity index (χ1) is 9.86. The van der Waals surface area contributed by atoms with Crippen molar-refractivity contribution in [2.75, 3.05) is 13.7 Å². The Labute approximate surface area is 119 Å². The average molecular weight is 263 g/mol. The molecule has 1 aliphatic heterocycles. The second kappa shape index (κ2) is 5.74. The van der Waals surface area contributed by atoms with E-state index in [4.69, 9.17) is 4.74 Å². The molecular formula is C18H17NO. The molecule has 1 heterocycles. The molecule has 0 aliphatic carbocycles. The lowest BCUT2D eigenvalue weighted by Gasteiger charge is -2.05. The molecule has 2 heteroatoms. The lowest BCUT2D eigenvalue weighted by atomic mass is 10.00. The summed E-state index contributed by atoms with van der Waals surface area (Å²) in [5.41, 5.74) is 4.82. The first-order valence-electron chi connectivity index (χ1n) is 6.82. The molecular weight excluding hydrogens is 246 g/mol. The lowest BCUT2D eigenvalue weighted by Crippen LogP contribution is -1.99. The van der Waals surface area contributed by atoms with Gasteiger partial charge in [-0.15, -0.1) is 0 Å². The van der Waals surface area contributed by atoms with Gasteiger partial charge in [-0.3, -0.25) is 4.99 Å².